The van der Waals surface area contributed by atoms with Crippen LogP contribution < -0.4 is 5.32 Å². The second-order valence-electron chi connectivity index (χ2n) is 6.75. The molecule has 0 spiro atoms. The lowest BCUT2D eigenvalue weighted by Crippen LogP contribution is -2.41. The largest absolute Gasteiger partial charge is 0.384 e. The maximum absolute atomic E-state index is 12.5. The molecule has 0 bridgehead atoms. The van der Waals surface area contributed by atoms with Gasteiger partial charge in [-0.05, 0) is 31.7 Å². The lowest BCUT2D eigenvalue weighted by atomic mass is 9.98. The molecule has 0 saturated carbocycles. The number of ether oxygens (including phenoxy) is 1. The van der Waals surface area contributed by atoms with Crippen molar-refractivity contribution in [1.29, 1.82) is 4.78 Å². The van der Waals surface area contributed by atoms with Gasteiger partial charge in [-0.3, -0.25) is 0 Å². The van der Waals surface area contributed by atoms with Crippen molar-refractivity contribution in [3.8, 4) is 0 Å². The minimum Gasteiger partial charge on any atom is -0.384 e. The molecule has 2 N–H and O–H groups in total. The molecule has 3 rings (SSSR count). The van der Waals surface area contributed by atoms with Crippen molar-refractivity contribution in [3.63, 3.8) is 0 Å². The third-order valence-electron chi connectivity index (χ3n) is 5.03. The smallest absolute Gasteiger partial charge is 0.162 e. The van der Waals surface area contributed by atoms with E-state index in [-0.39, 0.29) is 5.75 Å². The lowest BCUT2D eigenvalue weighted by molar-refractivity contribution is 0.215. The molecule has 150 valence electrons. The van der Waals surface area contributed by atoms with Crippen molar-refractivity contribution in [2.45, 2.75) is 26.3 Å². The third-order valence-corrected chi connectivity index (χ3v) is 7.21. The van der Waals surface area contributed by atoms with Gasteiger partial charge in [0.25, 0.3) is 0 Å². The highest BCUT2D eigenvalue weighted by Crippen LogP contribution is 2.29. The first-order chi connectivity index (χ1) is 13.0. The fraction of sp³-hybridized carbons (Fsp3) is 0.647. The van der Waals surface area contributed by atoms with Crippen LogP contribution >= 0.6 is 11.6 Å². The number of piperidine rings is 1. The van der Waals surface area contributed by atoms with E-state index in [1.807, 2.05) is 13.0 Å². The molecule has 10 heteroatoms. The van der Waals surface area contributed by atoms with Crippen LogP contribution in [0.2, 0.25) is 5.15 Å². The van der Waals surface area contributed by atoms with Gasteiger partial charge in [0.1, 0.15) is 9.92 Å². The number of pyridine rings is 1. The Morgan fingerprint density at radius 1 is 1.44 bits per heavy atom. The van der Waals surface area contributed by atoms with Gasteiger partial charge in [-0.1, -0.05) is 11.6 Å². The van der Waals surface area contributed by atoms with Gasteiger partial charge >= 0.3 is 0 Å². The van der Waals surface area contributed by atoms with Crippen molar-refractivity contribution < 1.29 is 8.95 Å². The predicted octanol–water partition coefficient (Wildman–Crippen LogP) is 2.84. The van der Waals surface area contributed by atoms with Gasteiger partial charge in [-0.15, -0.1) is 0 Å². The number of rotatable bonds is 8. The Kier molecular flexibility index (Phi) is 6.56. The van der Waals surface area contributed by atoms with Crippen molar-refractivity contribution in [1.82, 2.24) is 19.1 Å². The van der Waals surface area contributed by atoms with Crippen LogP contribution in [-0.2, 0) is 21.2 Å². The number of aromatic nitrogens is 3. The van der Waals surface area contributed by atoms with E-state index in [1.54, 1.807) is 22.3 Å². The number of halogens is 1. The van der Waals surface area contributed by atoms with Gasteiger partial charge in [0.05, 0.1) is 17.7 Å². The Hall–Kier alpha value is -1.42. The van der Waals surface area contributed by atoms with Crippen LogP contribution in [-0.4, -0.2) is 62.4 Å². The Morgan fingerprint density at radius 2 is 2.19 bits per heavy atom. The van der Waals surface area contributed by atoms with Crippen LogP contribution in [0.25, 0.3) is 11.0 Å². The van der Waals surface area contributed by atoms with Crippen LogP contribution in [0.3, 0.4) is 0 Å². The van der Waals surface area contributed by atoms with Crippen LogP contribution in [0.5, 0.6) is 0 Å². The molecule has 0 radical (unpaired) electrons. The fourth-order valence-electron chi connectivity index (χ4n) is 3.41. The number of methoxy groups -OCH3 is 1. The molecule has 8 nitrogen and oxygen atoms in total. The number of hydrogen-bond donors (Lipinski definition) is 2. The highest BCUT2D eigenvalue weighted by atomic mass is 35.5. The number of fused-ring (bicyclic) bond motifs is 1. The monoisotopic (exact) mass is 414 g/mol. The van der Waals surface area contributed by atoms with E-state index in [0.29, 0.717) is 37.3 Å². The van der Waals surface area contributed by atoms with Crippen LogP contribution in [0, 0.1) is 10.7 Å². The molecule has 1 fully saturated rings. The molecular formula is C17H27ClN6O2S. The second-order valence-corrected chi connectivity index (χ2v) is 9.32. The van der Waals surface area contributed by atoms with Crippen molar-refractivity contribution >= 4 is 38.2 Å². The summed E-state index contributed by atoms with van der Waals surface area (Å²) in [5.41, 5.74) is 1.73. The zero-order valence-electron chi connectivity index (χ0n) is 15.8. The molecule has 2 aromatic heterocycles. The molecule has 0 aromatic carbocycles. The Bertz CT molecular complexity index is 877. The van der Waals surface area contributed by atoms with E-state index in [2.05, 4.69) is 15.4 Å². The summed E-state index contributed by atoms with van der Waals surface area (Å²) >= 11 is 6.31. The van der Waals surface area contributed by atoms with E-state index in [1.165, 1.54) is 0 Å². The second kappa shape index (κ2) is 8.72. The highest BCUT2D eigenvalue weighted by molar-refractivity contribution is 7.90. The molecule has 0 amide bonds. The summed E-state index contributed by atoms with van der Waals surface area (Å²) in [6.07, 6.45) is 3.58. The topological polar surface area (TPSA) is 96.1 Å². The number of aryl methyl sites for hydroxylation is 1. The molecule has 1 aliphatic heterocycles. The SMILES string of the molecule is CCn1nc(Cl)c2c(NCC3CCN(S(=N)(=O)CCOC)CC3)ccnc21. The molecular weight excluding hydrogens is 388 g/mol. The Labute approximate surface area is 165 Å². The first kappa shape index (κ1) is 20.3. The van der Waals surface area contributed by atoms with Crippen LogP contribution in [0.15, 0.2) is 12.3 Å². The third kappa shape index (κ3) is 4.53. The summed E-state index contributed by atoms with van der Waals surface area (Å²) in [6.45, 7) is 5.24. The first-order valence-electron chi connectivity index (χ1n) is 9.21. The Balaban J connectivity index is 1.60. The molecule has 2 aromatic rings. The van der Waals surface area contributed by atoms with Crippen molar-refractivity contribution in [2.75, 3.05) is 44.4 Å². The van der Waals surface area contributed by atoms with E-state index < -0.39 is 9.92 Å². The van der Waals surface area contributed by atoms with Crippen molar-refractivity contribution in [2.24, 2.45) is 5.92 Å². The summed E-state index contributed by atoms with van der Waals surface area (Å²) in [4.78, 5) is 4.40. The zero-order valence-corrected chi connectivity index (χ0v) is 17.4. The van der Waals surface area contributed by atoms with E-state index in [0.717, 1.165) is 36.1 Å². The minimum atomic E-state index is -2.72. The highest BCUT2D eigenvalue weighted by Gasteiger charge is 2.25. The quantitative estimate of drug-likeness (QED) is 0.692. The zero-order chi connectivity index (χ0) is 19.4. The van der Waals surface area contributed by atoms with Gasteiger partial charge in [0.15, 0.2) is 10.8 Å². The predicted molar refractivity (Wildman–Crippen MR) is 109 cm³/mol. The summed E-state index contributed by atoms with van der Waals surface area (Å²) in [5.74, 6) is 0.725. The average molecular weight is 415 g/mol. The number of nitrogens with zero attached hydrogens (tertiary/aromatic N) is 4. The maximum atomic E-state index is 12.5. The summed E-state index contributed by atoms with van der Waals surface area (Å²) < 4.78 is 29.1. The number of hydrogen-bond acceptors (Lipinski definition) is 6. The minimum absolute atomic E-state index is 0.265. The molecule has 3 heterocycles. The number of nitrogens with one attached hydrogen (secondary N) is 2. The summed E-state index contributed by atoms with van der Waals surface area (Å²) in [6, 6.07) is 1.92. The molecule has 1 atom stereocenters. The number of anilines is 1. The summed E-state index contributed by atoms with van der Waals surface area (Å²) in [5, 5.41) is 9.14. The lowest BCUT2D eigenvalue weighted by Gasteiger charge is -2.33. The maximum Gasteiger partial charge on any atom is 0.162 e. The van der Waals surface area contributed by atoms with Crippen molar-refractivity contribution in [3.05, 3.63) is 17.4 Å². The van der Waals surface area contributed by atoms with Gasteiger partial charge in [-0.25, -0.2) is 23.0 Å². The normalized spacial score (nSPS) is 18.6. The standard InChI is InChI=1S/C17H27ClN6O2S/c1-3-24-17-15(16(18)22-24)14(4-7-20-17)21-12-13-5-8-23(9-6-13)27(19,25)11-10-26-2/h4,7,13,19H,3,5-6,8-12H2,1-2H3,(H,20,21). The first-order valence-corrected chi connectivity index (χ1v) is 11.3. The van der Waals surface area contributed by atoms with Gasteiger partial charge in [-0.2, -0.15) is 5.10 Å². The average Bonchev–Trinajstić information content (AvgIpc) is 3.01. The van der Waals surface area contributed by atoms with E-state index >= 15 is 0 Å². The van der Waals surface area contributed by atoms with Gasteiger partial charge < -0.3 is 10.1 Å². The van der Waals surface area contributed by atoms with E-state index in [4.69, 9.17) is 21.1 Å². The van der Waals surface area contributed by atoms with Gasteiger partial charge in [0.2, 0.25) is 0 Å². The van der Waals surface area contributed by atoms with Crippen LogP contribution in [0.1, 0.15) is 19.8 Å². The van der Waals surface area contributed by atoms with E-state index in [9.17, 15) is 4.21 Å². The molecule has 1 unspecified atom stereocenters. The molecule has 1 saturated heterocycles. The van der Waals surface area contributed by atoms with Crippen LogP contribution in [0.4, 0.5) is 5.69 Å². The molecule has 27 heavy (non-hydrogen) atoms. The molecule has 1 aliphatic rings. The molecule has 0 aliphatic carbocycles. The Morgan fingerprint density at radius 3 is 2.85 bits per heavy atom. The summed E-state index contributed by atoms with van der Waals surface area (Å²) in [7, 11) is -1.15. The fourth-order valence-corrected chi connectivity index (χ4v) is 5.14. The van der Waals surface area contributed by atoms with Gasteiger partial charge in [0, 0.05) is 45.2 Å².